The molecule has 0 aliphatic heterocycles. The lowest BCUT2D eigenvalue weighted by Gasteiger charge is -2.03. The van der Waals surface area contributed by atoms with Crippen LogP contribution in [0.25, 0.3) is 11.2 Å². The van der Waals surface area contributed by atoms with Crippen LogP contribution < -0.4 is 11.2 Å². The van der Waals surface area contributed by atoms with Crippen LogP contribution in [-0.2, 0) is 27.6 Å². The van der Waals surface area contributed by atoms with E-state index in [1.165, 1.54) is 11.6 Å². The van der Waals surface area contributed by atoms with Crippen LogP contribution in [0.2, 0.25) is 0 Å². The van der Waals surface area contributed by atoms with E-state index in [2.05, 4.69) is 4.98 Å². The highest BCUT2D eigenvalue weighted by Gasteiger charge is 2.16. The summed E-state index contributed by atoms with van der Waals surface area (Å²) in [6, 6.07) is 0. The first kappa shape index (κ1) is 12.9. The summed E-state index contributed by atoms with van der Waals surface area (Å²) in [5, 5.41) is 0. The highest BCUT2D eigenvalue weighted by atomic mass is 35.5. The number of fused-ring (bicyclic) bond motifs is 1. The second kappa shape index (κ2) is 4.61. The Kier molecular flexibility index (Phi) is 3.30. The Labute approximate surface area is 108 Å². The Hall–Kier alpha value is -1.56. The highest BCUT2D eigenvalue weighted by molar-refractivity contribution is 6.17. The van der Waals surface area contributed by atoms with Gasteiger partial charge in [-0.1, -0.05) is 0 Å². The Morgan fingerprint density at radius 2 is 1.78 bits per heavy atom. The van der Waals surface area contributed by atoms with Gasteiger partial charge in [-0.15, -0.1) is 11.6 Å². The molecule has 2 aromatic rings. The van der Waals surface area contributed by atoms with E-state index >= 15 is 0 Å². The molecule has 98 valence electrons. The van der Waals surface area contributed by atoms with Crippen molar-refractivity contribution < 1.29 is 0 Å². The first-order valence-electron chi connectivity index (χ1n) is 5.66. The van der Waals surface area contributed by atoms with Crippen LogP contribution >= 0.6 is 11.6 Å². The van der Waals surface area contributed by atoms with Gasteiger partial charge >= 0.3 is 5.69 Å². The Morgan fingerprint density at radius 3 is 2.39 bits per heavy atom. The van der Waals surface area contributed by atoms with Crippen molar-refractivity contribution in [3.63, 3.8) is 0 Å². The standard InChI is InChI=1S/C11H15ClN4O2/c1-14-7(5-4-6-12)13-9-8(14)10(17)16(3)11(18)15(9)2/h4-6H2,1-3H3. The van der Waals surface area contributed by atoms with Crippen molar-refractivity contribution in [2.75, 3.05) is 5.88 Å². The maximum absolute atomic E-state index is 12.1. The average Bonchev–Trinajstić information content (AvgIpc) is 2.69. The molecule has 2 rings (SSSR count). The van der Waals surface area contributed by atoms with Gasteiger partial charge in [-0.25, -0.2) is 9.78 Å². The van der Waals surface area contributed by atoms with Crippen molar-refractivity contribution >= 4 is 22.8 Å². The predicted molar refractivity (Wildman–Crippen MR) is 70.2 cm³/mol. The van der Waals surface area contributed by atoms with Crippen LogP contribution in [0.15, 0.2) is 9.59 Å². The number of rotatable bonds is 3. The van der Waals surface area contributed by atoms with Crippen LogP contribution in [-0.4, -0.2) is 24.6 Å². The van der Waals surface area contributed by atoms with Gasteiger partial charge in [-0.05, 0) is 6.42 Å². The highest BCUT2D eigenvalue weighted by Crippen LogP contribution is 2.10. The van der Waals surface area contributed by atoms with Gasteiger partial charge < -0.3 is 4.57 Å². The molecule has 0 atom stereocenters. The maximum atomic E-state index is 12.1. The second-order valence-electron chi connectivity index (χ2n) is 4.26. The summed E-state index contributed by atoms with van der Waals surface area (Å²) in [6.45, 7) is 0. The molecule has 0 N–H and O–H groups in total. The summed E-state index contributed by atoms with van der Waals surface area (Å²) in [4.78, 5) is 28.2. The number of aromatic nitrogens is 4. The summed E-state index contributed by atoms with van der Waals surface area (Å²) >= 11 is 5.66. The molecule has 0 aliphatic rings. The van der Waals surface area contributed by atoms with Gasteiger partial charge in [0, 0.05) is 33.4 Å². The lowest BCUT2D eigenvalue weighted by Crippen LogP contribution is -2.37. The molecule has 0 amide bonds. The van der Waals surface area contributed by atoms with Gasteiger partial charge in [0.25, 0.3) is 5.56 Å². The molecular formula is C11H15ClN4O2. The lowest BCUT2D eigenvalue weighted by molar-refractivity contribution is 0.705. The largest absolute Gasteiger partial charge is 0.332 e. The molecule has 0 aliphatic carbocycles. The minimum atomic E-state index is -0.366. The van der Waals surface area contributed by atoms with Crippen molar-refractivity contribution in [2.45, 2.75) is 12.8 Å². The third-order valence-corrected chi connectivity index (χ3v) is 3.37. The zero-order chi connectivity index (χ0) is 13.4. The smallest absolute Gasteiger partial charge is 0.325 e. The minimum Gasteiger partial charge on any atom is -0.325 e. The Balaban J connectivity index is 2.80. The first-order valence-corrected chi connectivity index (χ1v) is 6.19. The number of aryl methyl sites for hydroxylation is 3. The van der Waals surface area contributed by atoms with Gasteiger partial charge in [0.15, 0.2) is 11.2 Å². The van der Waals surface area contributed by atoms with Gasteiger partial charge in [0.1, 0.15) is 5.82 Å². The van der Waals surface area contributed by atoms with Crippen LogP contribution in [0.3, 0.4) is 0 Å². The second-order valence-corrected chi connectivity index (χ2v) is 4.64. The van der Waals surface area contributed by atoms with Crippen molar-refractivity contribution in [2.24, 2.45) is 21.1 Å². The maximum Gasteiger partial charge on any atom is 0.332 e. The van der Waals surface area contributed by atoms with E-state index in [0.29, 0.717) is 23.5 Å². The van der Waals surface area contributed by atoms with E-state index in [1.807, 2.05) is 0 Å². The zero-order valence-corrected chi connectivity index (χ0v) is 11.4. The summed E-state index contributed by atoms with van der Waals surface area (Å²) in [5.41, 5.74) is 0.189. The van der Waals surface area contributed by atoms with E-state index in [-0.39, 0.29) is 11.2 Å². The predicted octanol–water partition coefficient (Wildman–Crippen LogP) is 0.142. The van der Waals surface area contributed by atoms with Crippen molar-refractivity contribution in [3.8, 4) is 0 Å². The molecule has 0 spiro atoms. The van der Waals surface area contributed by atoms with Crippen LogP contribution in [0.4, 0.5) is 0 Å². The lowest BCUT2D eigenvalue weighted by atomic mass is 10.3. The molecule has 0 aromatic carbocycles. The van der Waals surface area contributed by atoms with E-state index in [9.17, 15) is 9.59 Å². The Morgan fingerprint density at radius 1 is 1.11 bits per heavy atom. The molecule has 18 heavy (non-hydrogen) atoms. The topological polar surface area (TPSA) is 61.8 Å². The number of alkyl halides is 1. The van der Waals surface area contributed by atoms with Crippen LogP contribution in [0, 0.1) is 0 Å². The molecule has 0 radical (unpaired) electrons. The van der Waals surface area contributed by atoms with E-state index in [4.69, 9.17) is 11.6 Å². The number of halogens is 1. The number of hydrogen-bond donors (Lipinski definition) is 0. The molecule has 2 aromatic heterocycles. The van der Waals surface area contributed by atoms with E-state index < -0.39 is 0 Å². The van der Waals surface area contributed by atoms with Crippen molar-refractivity contribution in [1.29, 1.82) is 0 Å². The van der Waals surface area contributed by atoms with E-state index in [1.54, 1.807) is 18.7 Å². The number of imidazole rings is 1. The monoisotopic (exact) mass is 270 g/mol. The van der Waals surface area contributed by atoms with Gasteiger partial charge in [-0.2, -0.15) is 0 Å². The molecule has 0 bridgehead atoms. The van der Waals surface area contributed by atoms with E-state index in [0.717, 1.165) is 16.8 Å². The summed E-state index contributed by atoms with van der Waals surface area (Å²) in [5.74, 6) is 1.31. The molecule has 0 unspecified atom stereocenters. The van der Waals surface area contributed by atoms with Crippen LogP contribution in [0.1, 0.15) is 12.2 Å². The molecule has 0 fully saturated rings. The Bertz CT molecular complexity index is 710. The third kappa shape index (κ3) is 1.77. The quantitative estimate of drug-likeness (QED) is 0.746. The number of hydrogen-bond acceptors (Lipinski definition) is 3. The minimum absolute atomic E-state index is 0.319. The summed E-state index contributed by atoms with van der Waals surface area (Å²) < 4.78 is 4.22. The van der Waals surface area contributed by atoms with Crippen LogP contribution in [0.5, 0.6) is 0 Å². The van der Waals surface area contributed by atoms with Crippen molar-refractivity contribution in [1.82, 2.24) is 18.7 Å². The van der Waals surface area contributed by atoms with Crippen molar-refractivity contribution in [3.05, 3.63) is 26.7 Å². The summed E-state index contributed by atoms with van der Waals surface area (Å²) in [6.07, 6.45) is 1.47. The fourth-order valence-electron chi connectivity index (χ4n) is 2.01. The average molecular weight is 271 g/mol. The normalized spacial score (nSPS) is 11.3. The molecule has 7 heteroatoms. The number of nitrogens with zero attached hydrogens (tertiary/aromatic N) is 4. The summed E-state index contributed by atoms with van der Waals surface area (Å²) in [7, 11) is 4.86. The zero-order valence-electron chi connectivity index (χ0n) is 10.6. The first-order chi connectivity index (χ1) is 8.49. The molecule has 6 nitrogen and oxygen atoms in total. The van der Waals surface area contributed by atoms with Gasteiger partial charge in [0.2, 0.25) is 0 Å². The molecule has 0 saturated heterocycles. The molecular weight excluding hydrogens is 256 g/mol. The van der Waals surface area contributed by atoms with Gasteiger partial charge in [0.05, 0.1) is 0 Å². The molecule has 0 saturated carbocycles. The third-order valence-electron chi connectivity index (χ3n) is 3.10. The fraction of sp³-hybridized carbons (Fsp3) is 0.545. The van der Waals surface area contributed by atoms with Gasteiger partial charge in [-0.3, -0.25) is 13.9 Å². The fourth-order valence-corrected chi connectivity index (χ4v) is 2.15. The SMILES string of the molecule is Cn1c(=O)c2c(nc(CCCCl)n2C)n(C)c1=O. The molecule has 2 heterocycles.